The van der Waals surface area contributed by atoms with E-state index in [-0.39, 0.29) is 0 Å². The molecule has 0 saturated carbocycles. The lowest BCUT2D eigenvalue weighted by Gasteiger charge is -2.13. The van der Waals surface area contributed by atoms with Gasteiger partial charge in [-0.1, -0.05) is 6.07 Å². The molecule has 1 aliphatic heterocycles. The molecule has 0 bridgehead atoms. The molecule has 3 aromatic rings. The van der Waals surface area contributed by atoms with E-state index in [1.54, 1.807) is 6.07 Å². The molecule has 1 aliphatic rings. The maximum absolute atomic E-state index is 9.50. The number of rotatable bonds is 0. The minimum Gasteiger partial charge on any atom is -0.237 e. The van der Waals surface area contributed by atoms with E-state index in [9.17, 15) is 5.26 Å². The van der Waals surface area contributed by atoms with Crippen LogP contribution < -0.4 is 4.68 Å². The van der Waals surface area contributed by atoms with Crippen molar-refractivity contribution in [2.45, 2.75) is 34.2 Å². The first-order valence-corrected chi connectivity index (χ1v) is 7.95. The molecule has 1 aromatic heterocycles. The molecule has 0 saturated heterocycles. The summed E-state index contributed by atoms with van der Waals surface area (Å²) in [5, 5.41) is 10.4. The van der Waals surface area contributed by atoms with Crippen molar-refractivity contribution in [1.29, 1.82) is 5.26 Å². The van der Waals surface area contributed by atoms with Crippen molar-refractivity contribution in [1.82, 2.24) is 4.68 Å². The predicted octanol–water partition coefficient (Wildman–Crippen LogP) is 3.94. The van der Waals surface area contributed by atoms with Crippen molar-refractivity contribution < 1.29 is 4.68 Å². The zero-order valence-corrected chi connectivity index (χ0v) is 14.2. The van der Waals surface area contributed by atoms with E-state index < -0.39 is 0 Å². The number of hydrogen-bond donors (Lipinski definition) is 0. The van der Waals surface area contributed by atoms with Gasteiger partial charge < -0.3 is 0 Å². The monoisotopic (exact) mass is 313 g/mol. The molecule has 4 rings (SSSR count). The van der Waals surface area contributed by atoms with Gasteiger partial charge in [-0.3, -0.25) is 0 Å². The standard InChI is InChI=1S/C20H17N4/c1-11-12(2)14(4)20-16(13(11)3)9-23-10-17-15(8-21)18(22-5)6-7-19(17)24(20)23/h6-7,10H,9H2,1-4H3/q+1. The van der Waals surface area contributed by atoms with Gasteiger partial charge in [-0.25, -0.2) is 4.85 Å². The SMILES string of the molecule is [C-]#[N+]c1ccc2c(c[n+]3n2-c2c(C)c(C)c(C)c(C)c2C3)c1C#N. The molecule has 0 radical (unpaired) electrons. The average Bonchev–Trinajstić information content (AvgIpc) is 3.13. The highest BCUT2D eigenvalue weighted by Gasteiger charge is 2.33. The van der Waals surface area contributed by atoms with Crippen molar-refractivity contribution in [3.8, 4) is 11.8 Å². The Hall–Kier alpha value is -3.11. The van der Waals surface area contributed by atoms with Gasteiger partial charge in [-0.05, 0) is 56.0 Å². The zero-order chi connectivity index (χ0) is 17.2. The molecular formula is C20H17N4+. The van der Waals surface area contributed by atoms with Gasteiger partial charge in [0.25, 0.3) is 0 Å². The third-order valence-corrected chi connectivity index (χ3v) is 5.51. The van der Waals surface area contributed by atoms with Crippen LogP contribution in [0.1, 0.15) is 33.4 Å². The third kappa shape index (κ3) is 1.58. The van der Waals surface area contributed by atoms with E-state index in [4.69, 9.17) is 6.57 Å². The fourth-order valence-electron chi connectivity index (χ4n) is 3.85. The molecule has 0 amide bonds. The Morgan fingerprint density at radius 2 is 1.83 bits per heavy atom. The van der Waals surface area contributed by atoms with Crippen molar-refractivity contribution in [3.05, 3.63) is 63.1 Å². The highest BCUT2D eigenvalue weighted by Crippen LogP contribution is 2.36. The maximum Gasteiger partial charge on any atom is 0.205 e. The summed E-state index contributed by atoms with van der Waals surface area (Å²) in [5.41, 5.74) is 9.76. The van der Waals surface area contributed by atoms with Gasteiger partial charge in [0.2, 0.25) is 11.9 Å². The Morgan fingerprint density at radius 3 is 2.50 bits per heavy atom. The molecule has 0 aliphatic carbocycles. The van der Waals surface area contributed by atoms with Crippen LogP contribution in [0, 0.1) is 45.6 Å². The van der Waals surface area contributed by atoms with Gasteiger partial charge in [0.05, 0.1) is 29.2 Å². The smallest absolute Gasteiger partial charge is 0.205 e. The Bertz CT molecular complexity index is 1130. The van der Waals surface area contributed by atoms with Crippen LogP contribution in [0.3, 0.4) is 0 Å². The van der Waals surface area contributed by atoms with Crippen molar-refractivity contribution in [2.75, 3.05) is 0 Å². The van der Waals surface area contributed by atoms with Crippen LogP contribution in [-0.2, 0) is 6.54 Å². The lowest BCUT2D eigenvalue weighted by Crippen LogP contribution is -2.36. The second kappa shape index (κ2) is 4.69. The summed E-state index contributed by atoms with van der Waals surface area (Å²) in [6.45, 7) is 16.8. The summed E-state index contributed by atoms with van der Waals surface area (Å²) in [4.78, 5) is 3.48. The minimum atomic E-state index is 0.420. The van der Waals surface area contributed by atoms with E-state index in [2.05, 4.69) is 48.0 Å². The van der Waals surface area contributed by atoms with Gasteiger partial charge in [0, 0.05) is 0 Å². The summed E-state index contributed by atoms with van der Waals surface area (Å²) in [7, 11) is 0. The number of aromatic nitrogens is 2. The molecule has 0 atom stereocenters. The van der Waals surface area contributed by atoms with Crippen LogP contribution in [0.25, 0.3) is 21.4 Å². The Balaban J connectivity index is 2.15. The Morgan fingerprint density at radius 1 is 1.12 bits per heavy atom. The Kier molecular flexibility index (Phi) is 2.83. The predicted molar refractivity (Wildman–Crippen MR) is 92.5 cm³/mol. The largest absolute Gasteiger partial charge is 0.237 e. The van der Waals surface area contributed by atoms with Gasteiger partial charge in [0.1, 0.15) is 11.2 Å². The molecule has 0 N–H and O–H groups in total. The van der Waals surface area contributed by atoms with Crippen LogP contribution in [0.2, 0.25) is 0 Å². The van der Waals surface area contributed by atoms with Crippen molar-refractivity contribution in [2.24, 2.45) is 0 Å². The summed E-state index contributed by atoms with van der Waals surface area (Å²) in [6, 6.07) is 5.92. The molecule has 0 unspecified atom stereocenters. The molecule has 2 aromatic carbocycles. The number of benzene rings is 2. The van der Waals surface area contributed by atoms with Gasteiger partial charge >= 0.3 is 0 Å². The molecule has 4 heteroatoms. The summed E-state index contributed by atoms with van der Waals surface area (Å²) >= 11 is 0. The number of nitriles is 1. The zero-order valence-electron chi connectivity index (χ0n) is 14.2. The molecule has 4 nitrogen and oxygen atoms in total. The average molecular weight is 313 g/mol. The van der Waals surface area contributed by atoms with Crippen LogP contribution in [0.4, 0.5) is 5.69 Å². The fraction of sp³-hybridized carbons (Fsp3) is 0.250. The first-order valence-electron chi connectivity index (χ1n) is 7.95. The first kappa shape index (κ1) is 14.5. The van der Waals surface area contributed by atoms with Crippen LogP contribution in [0.15, 0.2) is 18.3 Å². The number of hydrogen-bond acceptors (Lipinski definition) is 1. The number of nitrogens with zero attached hydrogens (tertiary/aromatic N) is 4. The molecular weight excluding hydrogens is 296 g/mol. The number of fused-ring (bicyclic) bond motifs is 5. The van der Waals surface area contributed by atoms with Gasteiger partial charge in [-0.2, -0.15) is 5.26 Å². The third-order valence-electron chi connectivity index (χ3n) is 5.51. The molecule has 0 fully saturated rings. The van der Waals surface area contributed by atoms with Gasteiger partial charge in [-0.15, -0.1) is 9.36 Å². The molecule has 24 heavy (non-hydrogen) atoms. The van der Waals surface area contributed by atoms with Gasteiger partial charge in [0.15, 0.2) is 6.54 Å². The van der Waals surface area contributed by atoms with E-state index in [0.29, 0.717) is 11.3 Å². The van der Waals surface area contributed by atoms with E-state index in [1.807, 2.05) is 12.3 Å². The lowest BCUT2D eigenvalue weighted by atomic mass is 9.92. The second-order valence-electron chi connectivity index (χ2n) is 6.48. The minimum absolute atomic E-state index is 0.420. The fourth-order valence-corrected chi connectivity index (χ4v) is 3.85. The quantitative estimate of drug-likeness (QED) is 0.358. The second-order valence-corrected chi connectivity index (χ2v) is 6.48. The maximum atomic E-state index is 9.50. The molecule has 2 heterocycles. The highest BCUT2D eigenvalue weighted by molar-refractivity contribution is 5.91. The van der Waals surface area contributed by atoms with Crippen molar-refractivity contribution in [3.63, 3.8) is 0 Å². The summed E-state index contributed by atoms with van der Waals surface area (Å²) < 4.78 is 4.36. The summed E-state index contributed by atoms with van der Waals surface area (Å²) in [6.07, 6.45) is 2.01. The van der Waals surface area contributed by atoms with E-state index in [0.717, 1.165) is 17.4 Å². The lowest BCUT2D eigenvalue weighted by molar-refractivity contribution is -0.749. The summed E-state index contributed by atoms with van der Waals surface area (Å²) in [5.74, 6) is 0. The van der Waals surface area contributed by atoms with E-state index in [1.165, 1.54) is 33.5 Å². The first-order chi connectivity index (χ1) is 11.5. The van der Waals surface area contributed by atoms with Crippen molar-refractivity contribution >= 4 is 16.6 Å². The molecule has 116 valence electrons. The normalized spacial score (nSPS) is 11.9. The Labute approximate surface area is 141 Å². The van der Waals surface area contributed by atoms with E-state index >= 15 is 0 Å². The van der Waals surface area contributed by atoms with Crippen LogP contribution >= 0.6 is 0 Å². The molecule has 0 spiro atoms. The topological polar surface area (TPSA) is 37.0 Å². The highest BCUT2D eigenvalue weighted by atomic mass is 15.4. The van der Waals surface area contributed by atoms with Crippen LogP contribution in [-0.4, -0.2) is 4.68 Å². The van der Waals surface area contributed by atoms with Crippen LogP contribution in [0.5, 0.6) is 0 Å².